The molecule has 0 saturated heterocycles. The van der Waals surface area contributed by atoms with Gasteiger partial charge in [-0.3, -0.25) is 4.79 Å². The summed E-state index contributed by atoms with van der Waals surface area (Å²) in [4.78, 5) is 12.6. The summed E-state index contributed by atoms with van der Waals surface area (Å²) < 4.78 is 7.58. The van der Waals surface area contributed by atoms with E-state index in [2.05, 4.69) is 10.4 Å². The lowest BCUT2D eigenvalue weighted by Crippen LogP contribution is -2.33. The van der Waals surface area contributed by atoms with Crippen LogP contribution in [0.25, 0.3) is 5.69 Å². The van der Waals surface area contributed by atoms with Gasteiger partial charge < -0.3 is 10.1 Å². The lowest BCUT2D eigenvalue weighted by Gasteiger charge is -2.15. The molecule has 2 atom stereocenters. The molecule has 2 aromatic carbocycles. The average molecular weight is 319 g/mol. The van der Waals surface area contributed by atoms with Crippen molar-refractivity contribution in [3.05, 3.63) is 72.6 Å². The van der Waals surface area contributed by atoms with Gasteiger partial charge in [0.1, 0.15) is 5.75 Å². The second-order valence-electron chi connectivity index (χ2n) is 5.86. The van der Waals surface area contributed by atoms with Crippen LogP contribution in [0.4, 0.5) is 5.69 Å². The van der Waals surface area contributed by atoms with E-state index in [4.69, 9.17) is 4.74 Å². The minimum Gasteiger partial charge on any atom is -0.480 e. The van der Waals surface area contributed by atoms with Crippen LogP contribution >= 0.6 is 0 Å². The SMILES string of the molecule is C[C@@H]1c2ccccc2O[C@@H]1C(=O)Nc1cccc(-n2cccn2)c1. The second-order valence-corrected chi connectivity index (χ2v) is 5.86. The molecule has 4 rings (SSSR count). The molecule has 0 unspecified atom stereocenters. The Bertz CT molecular complexity index is 874. The average Bonchev–Trinajstić information content (AvgIpc) is 3.24. The van der Waals surface area contributed by atoms with Crippen LogP contribution in [-0.2, 0) is 4.79 Å². The van der Waals surface area contributed by atoms with E-state index in [1.54, 1.807) is 10.9 Å². The van der Waals surface area contributed by atoms with Crippen molar-refractivity contribution in [1.29, 1.82) is 0 Å². The zero-order valence-corrected chi connectivity index (χ0v) is 13.2. The van der Waals surface area contributed by atoms with Gasteiger partial charge >= 0.3 is 0 Å². The highest BCUT2D eigenvalue weighted by molar-refractivity contribution is 5.95. The quantitative estimate of drug-likeness (QED) is 0.805. The molecule has 24 heavy (non-hydrogen) atoms. The summed E-state index contributed by atoms with van der Waals surface area (Å²) in [5.41, 5.74) is 2.68. The minimum atomic E-state index is -0.518. The van der Waals surface area contributed by atoms with E-state index in [0.29, 0.717) is 0 Å². The molecule has 1 amide bonds. The van der Waals surface area contributed by atoms with Crippen LogP contribution in [-0.4, -0.2) is 21.8 Å². The number of aromatic nitrogens is 2. The van der Waals surface area contributed by atoms with Gasteiger partial charge in [0, 0.05) is 29.6 Å². The van der Waals surface area contributed by atoms with Crippen molar-refractivity contribution in [2.75, 3.05) is 5.32 Å². The summed E-state index contributed by atoms with van der Waals surface area (Å²) in [7, 11) is 0. The fourth-order valence-corrected chi connectivity index (χ4v) is 3.01. The van der Waals surface area contributed by atoms with E-state index in [9.17, 15) is 4.79 Å². The first-order valence-corrected chi connectivity index (χ1v) is 7.89. The Morgan fingerprint density at radius 1 is 1.17 bits per heavy atom. The Morgan fingerprint density at radius 2 is 2.04 bits per heavy atom. The molecule has 2 heterocycles. The Labute approximate surface area is 139 Å². The van der Waals surface area contributed by atoms with Crippen LogP contribution in [0.5, 0.6) is 5.75 Å². The second kappa shape index (κ2) is 5.85. The number of hydrogen-bond acceptors (Lipinski definition) is 3. The molecular weight excluding hydrogens is 302 g/mol. The normalized spacial score (nSPS) is 18.7. The van der Waals surface area contributed by atoms with Crippen LogP contribution < -0.4 is 10.1 Å². The number of carbonyl (C=O) groups excluding carboxylic acids is 1. The number of nitrogens with one attached hydrogen (secondary N) is 1. The minimum absolute atomic E-state index is 0.0236. The first-order valence-electron chi connectivity index (χ1n) is 7.89. The summed E-state index contributed by atoms with van der Waals surface area (Å²) >= 11 is 0. The number of ether oxygens (including phenoxy) is 1. The predicted octanol–water partition coefficient (Wildman–Crippen LogP) is 3.38. The molecule has 0 saturated carbocycles. The number of benzene rings is 2. The number of amides is 1. The number of para-hydroxylation sites is 1. The van der Waals surface area contributed by atoms with E-state index in [-0.39, 0.29) is 11.8 Å². The van der Waals surface area contributed by atoms with Crippen molar-refractivity contribution in [3.8, 4) is 11.4 Å². The number of rotatable bonds is 3. The van der Waals surface area contributed by atoms with Crippen molar-refractivity contribution in [2.24, 2.45) is 0 Å². The van der Waals surface area contributed by atoms with Crippen molar-refractivity contribution in [3.63, 3.8) is 0 Å². The van der Waals surface area contributed by atoms with E-state index < -0.39 is 6.10 Å². The molecule has 1 aromatic heterocycles. The van der Waals surface area contributed by atoms with Crippen LogP contribution in [0, 0.1) is 0 Å². The number of anilines is 1. The van der Waals surface area contributed by atoms with Gasteiger partial charge in [0.05, 0.1) is 5.69 Å². The summed E-state index contributed by atoms with van der Waals surface area (Å²) in [5.74, 6) is 0.669. The van der Waals surface area contributed by atoms with Crippen molar-refractivity contribution < 1.29 is 9.53 Å². The fourth-order valence-electron chi connectivity index (χ4n) is 3.01. The number of carbonyl (C=O) groups is 1. The Kier molecular flexibility index (Phi) is 3.54. The maximum Gasteiger partial charge on any atom is 0.266 e. The van der Waals surface area contributed by atoms with Gasteiger partial charge in [-0.05, 0) is 30.3 Å². The summed E-state index contributed by atoms with van der Waals surface area (Å²) in [6.45, 7) is 2.01. The third kappa shape index (κ3) is 2.54. The molecule has 1 aliphatic heterocycles. The number of nitrogens with zero attached hydrogens (tertiary/aromatic N) is 2. The first-order chi connectivity index (χ1) is 11.7. The van der Waals surface area contributed by atoms with Gasteiger partial charge in [-0.25, -0.2) is 4.68 Å². The van der Waals surface area contributed by atoms with Crippen LogP contribution in [0.2, 0.25) is 0 Å². The van der Waals surface area contributed by atoms with Crippen LogP contribution in [0.15, 0.2) is 67.0 Å². The van der Waals surface area contributed by atoms with Crippen molar-refractivity contribution in [1.82, 2.24) is 9.78 Å². The maximum absolute atomic E-state index is 12.6. The lowest BCUT2D eigenvalue weighted by atomic mass is 9.97. The van der Waals surface area contributed by atoms with Gasteiger partial charge in [0.2, 0.25) is 0 Å². The molecule has 0 radical (unpaired) electrons. The topological polar surface area (TPSA) is 56.1 Å². The van der Waals surface area contributed by atoms with Crippen LogP contribution in [0.3, 0.4) is 0 Å². The molecule has 120 valence electrons. The molecular formula is C19H17N3O2. The summed E-state index contributed by atoms with van der Waals surface area (Å²) in [5, 5.41) is 7.15. The largest absolute Gasteiger partial charge is 0.480 e. The molecule has 0 aliphatic carbocycles. The van der Waals surface area contributed by atoms with E-state index >= 15 is 0 Å². The zero-order chi connectivity index (χ0) is 16.5. The highest BCUT2D eigenvalue weighted by Crippen LogP contribution is 2.38. The van der Waals surface area contributed by atoms with E-state index in [0.717, 1.165) is 22.7 Å². The van der Waals surface area contributed by atoms with E-state index in [1.165, 1.54) is 0 Å². The highest BCUT2D eigenvalue weighted by atomic mass is 16.5. The molecule has 1 aliphatic rings. The molecule has 0 bridgehead atoms. The van der Waals surface area contributed by atoms with Gasteiger partial charge in [-0.15, -0.1) is 0 Å². The summed E-state index contributed by atoms with van der Waals surface area (Å²) in [6.07, 6.45) is 3.06. The zero-order valence-electron chi connectivity index (χ0n) is 13.2. The number of fused-ring (bicyclic) bond motifs is 1. The van der Waals surface area contributed by atoms with Crippen LogP contribution in [0.1, 0.15) is 18.4 Å². The maximum atomic E-state index is 12.6. The first kappa shape index (κ1) is 14.5. The third-order valence-corrected chi connectivity index (χ3v) is 4.26. The highest BCUT2D eigenvalue weighted by Gasteiger charge is 2.36. The Morgan fingerprint density at radius 3 is 2.83 bits per heavy atom. The smallest absolute Gasteiger partial charge is 0.266 e. The molecule has 1 N–H and O–H groups in total. The fraction of sp³-hybridized carbons (Fsp3) is 0.158. The van der Waals surface area contributed by atoms with E-state index in [1.807, 2.05) is 67.7 Å². The Balaban J connectivity index is 1.52. The molecule has 0 fully saturated rings. The van der Waals surface area contributed by atoms with Crippen molar-refractivity contribution in [2.45, 2.75) is 18.9 Å². The van der Waals surface area contributed by atoms with Gasteiger partial charge in [0.25, 0.3) is 5.91 Å². The molecule has 0 spiro atoms. The van der Waals surface area contributed by atoms with Crippen molar-refractivity contribution >= 4 is 11.6 Å². The molecule has 5 heteroatoms. The standard InChI is InChI=1S/C19H17N3O2/c1-13-16-8-2-3-9-17(16)24-18(13)19(23)21-14-6-4-7-15(12-14)22-11-5-10-20-22/h2-13,18H,1H3,(H,21,23)/t13-,18+/m1/s1. The Hall–Kier alpha value is -3.08. The van der Waals surface area contributed by atoms with Gasteiger partial charge in [-0.2, -0.15) is 5.10 Å². The van der Waals surface area contributed by atoms with Gasteiger partial charge in [0.15, 0.2) is 6.10 Å². The lowest BCUT2D eigenvalue weighted by molar-refractivity contribution is -0.122. The summed E-state index contributed by atoms with van der Waals surface area (Å²) in [6, 6.07) is 17.2. The third-order valence-electron chi connectivity index (χ3n) is 4.26. The number of hydrogen-bond donors (Lipinski definition) is 1. The molecule has 5 nitrogen and oxygen atoms in total. The van der Waals surface area contributed by atoms with Gasteiger partial charge in [-0.1, -0.05) is 31.2 Å². The monoisotopic (exact) mass is 319 g/mol. The molecule has 3 aromatic rings. The predicted molar refractivity (Wildman–Crippen MR) is 91.5 cm³/mol.